The van der Waals surface area contributed by atoms with Crippen molar-refractivity contribution in [3.05, 3.63) is 0 Å². The number of hydrogen-bond acceptors (Lipinski definition) is 3. The molecule has 0 aliphatic heterocycles. The minimum Gasteiger partial charge on any atom is -0.385 e. The number of carbonyl (C=O) groups is 1. The summed E-state index contributed by atoms with van der Waals surface area (Å²) in [5.74, 6) is -0.442. The zero-order valence-corrected chi connectivity index (χ0v) is 5.29. The van der Waals surface area contributed by atoms with E-state index in [1.807, 2.05) is 0 Å². The molecule has 1 saturated carbocycles. The van der Waals surface area contributed by atoms with Gasteiger partial charge in [0.1, 0.15) is 11.7 Å². The summed E-state index contributed by atoms with van der Waals surface area (Å²) >= 11 is 0. The maximum absolute atomic E-state index is 10.7. The van der Waals surface area contributed by atoms with Crippen LogP contribution in [-0.2, 0) is 4.79 Å². The highest BCUT2D eigenvalue weighted by molar-refractivity contribution is 5.92. The van der Waals surface area contributed by atoms with Crippen molar-refractivity contribution < 1.29 is 15.0 Å². The highest BCUT2D eigenvalue weighted by atomic mass is 16.3. The van der Waals surface area contributed by atoms with E-state index in [-0.39, 0.29) is 0 Å². The molecule has 0 amide bonds. The molecule has 9 heavy (non-hydrogen) atoms. The molecule has 0 aromatic heterocycles. The molecular formula is C6H10O3. The van der Waals surface area contributed by atoms with E-state index in [0.717, 1.165) is 0 Å². The van der Waals surface area contributed by atoms with Crippen molar-refractivity contribution in [2.45, 2.75) is 31.5 Å². The van der Waals surface area contributed by atoms with Gasteiger partial charge in [-0.25, -0.2) is 0 Å². The molecule has 2 atom stereocenters. The molecule has 1 rings (SSSR count). The summed E-state index contributed by atoms with van der Waals surface area (Å²) in [5, 5.41) is 17.9. The molecule has 0 radical (unpaired) electrons. The van der Waals surface area contributed by atoms with Crippen LogP contribution in [0.15, 0.2) is 0 Å². The SMILES string of the molecule is CC1(O)CCC(O)C1=O. The van der Waals surface area contributed by atoms with Gasteiger partial charge < -0.3 is 10.2 Å². The van der Waals surface area contributed by atoms with E-state index in [2.05, 4.69) is 0 Å². The number of rotatable bonds is 0. The van der Waals surface area contributed by atoms with Gasteiger partial charge in [-0.1, -0.05) is 0 Å². The Balaban J connectivity index is 2.74. The maximum Gasteiger partial charge on any atom is 0.192 e. The number of aliphatic hydroxyl groups excluding tert-OH is 1. The second-order valence-corrected chi connectivity index (χ2v) is 2.69. The predicted octanol–water partition coefficient (Wildman–Crippen LogP) is -0.539. The van der Waals surface area contributed by atoms with Crippen LogP contribution < -0.4 is 0 Å². The van der Waals surface area contributed by atoms with Gasteiger partial charge in [-0.15, -0.1) is 0 Å². The second kappa shape index (κ2) is 1.78. The molecule has 3 heteroatoms. The third-order valence-electron chi connectivity index (χ3n) is 1.74. The minimum absolute atomic E-state index is 0.382. The fraction of sp³-hybridized carbons (Fsp3) is 0.833. The van der Waals surface area contributed by atoms with E-state index in [1.165, 1.54) is 6.92 Å². The Morgan fingerprint density at radius 2 is 2.33 bits per heavy atom. The lowest BCUT2D eigenvalue weighted by Gasteiger charge is -2.11. The maximum atomic E-state index is 10.7. The first kappa shape index (κ1) is 6.71. The van der Waals surface area contributed by atoms with E-state index < -0.39 is 17.5 Å². The van der Waals surface area contributed by atoms with Gasteiger partial charge in [0.25, 0.3) is 0 Å². The molecule has 52 valence electrons. The van der Waals surface area contributed by atoms with E-state index in [4.69, 9.17) is 10.2 Å². The van der Waals surface area contributed by atoms with Crippen LogP contribution in [0.3, 0.4) is 0 Å². The highest BCUT2D eigenvalue weighted by Crippen LogP contribution is 2.25. The van der Waals surface area contributed by atoms with E-state index >= 15 is 0 Å². The Kier molecular flexibility index (Phi) is 1.33. The average molecular weight is 130 g/mol. The average Bonchev–Trinajstić information content (AvgIpc) is 1.97. The van der Waals surface area contributed by atoms with Crippen LogP contribution in [-0.4, -0.2) is 27.7 Å². The Hall–Kier alpha value is -0.410. The zero-order chi connectivity index (χ0) is 7.07. The second-order valence-electron chi connectivity index (χ2n) is 2.69. The smallest absolute Gasteiger partial charge is 0.192 e. The lowest BCUT2D eigenvalue weighted by Crippen LogP contribution is -2.33. The fourth-order valence-corrected chi connectivity index (χ4v) is 1.03. The van der Waals surface area contributed by atoms with Crippen LogP contribution in [0.2, 0.25) is 0 Å². The van der Waals surface area contributed by atoms with Gasteiger partial charge in [-0.3, -0.25) is 4.79 Å². The number of carbonyl (C=O) groups excluding carboxylic acids is 1. The number of ketones is 1. The van der Waals surface area contributed by atoms with Gasteiger partial charge >= 0.3 is 0 Å². The normalized spacial score (nSPS) is 43.9. The van der Waals surface area contributed by atoms with Crippen molar-refractivity contribution in [1.29, 1.82) is 0 Å². The van der Waals surface area contributed by atoms with Gasteiger partial charge in [0.2, 0.25) is 0 Å². The molecular weight excluding hydrogens is 120 g/mol. The molecule has 0 saturated heterocycles. The summed E-state index contributed by atoms with van der Waals surface area (Å²) in [6.07, 6.45) is -0.154. The lowest BCUT2D eigenvalue weighted by atomic mass is 10.1. The Labute approximate surface area is 53.3 Å². The third-order valence-corrected chi connectivity index (χ3v) is 1.74. The molecule has 3 nitrogen and oxygen atoms in total. The van der Waals surface area contributed by atoms with Gasteiger partial charge in [0.15, 0.2) is 5.78 Å². The molecule has 0 heterocycles. The van der Waals surface area contributed by atoms with Gasteiger partial charge in [0, 0.05) is 0 Å². The molecule has 0 spiro atoms. The summed E-state index contributed by atoms with van der Waals surface area (Å²) in [5.41, 5.74) is -1.26. The highest BCUT2D eigenvalue weighted by Gasteiger charge is 2.41. The molecule has 0 aromatic carbocycles. The summed E-state index contributed by atoms with van der Waals surface area (Å²) in [6, 6.07) is 0. The zero-order valence-electron chi connectivity index (χ0n) is 5.29. The Morgan fingerprint density at radius 1 is 1.78 bits per heavy atom. The summed E-state index contributed by atoms with van der Waals surface area (Å²) < 4.78 is 0. The minimum atomic E-state index is -1.26. The van der Waals surface area contributed by atoms with E-state index in [1.54, 1.807) is 0 Å². The molecule has 0 aromatic rings. The van der Waals surface area contributed by atoms with Crippen molar-refractivity contribution in [3.63, 3.8) is 0 Å². The summed E-state index contributed by atoms with van der Waals surface area (Å²) in [4.78, 5) is 10.7. The molecule has 1 fully saturated rings. The fourth-order valence-electron chi connectivity index (χ4n) is 1.03. The van der Waals surface area contributed by atoms with Crippen molar-refractivity contribution in [3.8, 4) is 0 Å². The van der Waals surface area contributed by atoms with Crippen LogP contribution in [0.5, 0.6) is 0 Å². The molecule has 0 bridgehead atoms. The summed E-state index contributed by atoms with van der Waals surface area (Å²) in [7, 11) is 0. The topological polar surface area (TPSA) is 57.5 Å². The van der Waals surface area contributed by atoms with Crippen molar-refractivity contribution in [2.24, 2.45) is 0 Å². The standard InChI is InChI=1S/C6H10O3/c1-6(9)3-2-4(7)5(6)8/h4,7,9H,2-3H2,1H3. The van der Waals surface area contributed by atoms with Gasteiger partial charge in [-0.05, 0) is 19.8 Å². The van der Waals surface area contributed by atoms with E-state index in [0.29, 0.717) is 12.8 Å². The van der Waals surface area contributed by atoms with Gasteiger partial charge in [0.05, 0.1) is 0 Å². The molecule has 2 unspecified atom stereocenters. The first-order valence-corrected chi connectivity index (χ1v) is 2.99. The monoisotopic (exact) mass is 130 g/mol. The Morgan fingerprint density at radius 3 is 2.44 bits per heavy atom. The first-order chi connectivity index (χ1) is 4.04. The number of Topliss-reactive ketones (excluding diaryl/α,β-unsaturated/α-hetero) is 1. The van der Waals surface area contributed by atoms with Crippen LogP contribution in [0.4, 0.5) is 0 Å². The molecule has 1 aliphatic carbocycles. The van der Waals surface area contributed by atoms with Crippen molar-refractivity contribution >= 4 is 5.78 Å². The van der Waals surface area contributed by atoms with Crippen LogP contribution in [0.1, 0.15) is 19.8 Å². The van der Waals surface area contributed by atoms with Crippen molar-refractivity contribution in [1.82, 2.24) is 0 Å². The number of hydrogen-bond donors (Lipinski definition) is 2. The number of aliphatic hydroxyl groups is 2. The quantitative estimate of drug-likeness (QED) is 0.463. The predicted molar refractivity (Wildman–Crippen MR) is 30.9 cm³/mol. The van der Waals surface area contributed by atoms with Crippen LogP contribution in [0, 0.1) is 0 Å². The van der Waals surface area contributed by atoms with Crippen molar-refractivity contribution in [2.75, 3.05) is 0 Å². The Bertz CT molecular complexity index is 139. The van der Waals surface area contributed by atoms with Crippen LogP contribution >= 0.6 is 0 Å². The van der Waals surface area contributed by atoms with Crippen LogP contribution in [0.25, 0.3) is 0 Å². The summed E-state index contributed by atoms with van der Waals surface area (Å²) in [6.45, 7) is 1.44. The van der Waals surface area contributed by atoms with Gasteiger partial charge in [-0.2, -0.15) is 0 Å². The lowest BCUT2D eigenvalue weighted by molar-refractivity contribution is -0.137. The first-order valence-electron chi connectivity index (χ1n) is 2.99. The van der Waals surface area contributed by atoms with E-state index in [9.17, 15) is 4.79 Å². The largest absolute Gasteiger partial charge is 0.385 e. The third kappa shape index (κ3) is 0.976. The molecule has 2 N–H and O–H groups in total. The molecule has 1 aliphatic rings.